The van der Waals surface area contributed by atoms with Crippen molar-refractivity contribution in [1.29, 1.82) is 0 Å². The molecule has 3 N–H and O–H groups in total. The van der Waals surface area contributed by atoms with Gasteiger partial charge >= 0.3 is 0 Å². The molecule has 0 aliphatic heterocycles. The van der Waals surface area contributed by atoms with Gasteiger partial charge in [0.05, 0.1) is 19.3 Å². The SMILES string of the molecule is OCC(CO)NC1CC(c2cccc(F)c2)C1. The molecule has 0 aromatic heterocycles. The third-order valence-corrected chi connectivity index (χ3v) is 3.37. The topological polar surface area (TPSA) is 52.5 Å². The molecule has 0 unspecified atom stereocenters. The highest BCUT2D eigenvalue weighted by Gasteiger charge is 2.31. The Morgan fingerprint density at radius 3 is 2.59 bits per heavy atom. The highest BCUT2D eigenvalue weighted by Crippen LogP contribution is 2.37. The van der Waals surface area contributed by atoms with Gasteiger partial charge in [0, 0.05) is 6.04 Å². The zero-order valence-electron chi connectivity index (χ0n) is 9.64. The second kappa shape index (κ2) is 5.58. The van der Waals surface area contributed by atoms with Crippen molar-refractivity contribution in [3.05, 3.63) is 35.6 Å². The van der Waals surface area contributed by atoms with Crippen LogP contribution in [0.2, 0.25) is 0 Å². The van der Waals surface area contributed by atoms with Crippen LogP contribution >= 0.6 is 0 Å². The number of hydrogen-bond acceptors (Lipinski definition) is 3. The van der Waals surface area contributed by atoms with Gasteiger partial charge in [0.25, 0.3) is 0 Å². The standard InChI is InChI=1S/C13H18FNO2/c14-11-3-1-2-9(4-11)10-5-12(6-10)15-13(7-16)8-17/h1-4,10,12-13,15-17H,5-8H2. The zero-order chi connectivity index (χ0) is 12.3. The summed E-state index contributed by atoms with van der Waals surface area (Å²) in [5, 5.41) is 21.1. The van der Waals surface area contributed by atoms with Crippen LogP contribution in [0.25, 0.3) is 0 Å². The summed E-state index contributed by atoms with van der Waals surface area (Å²) in [5.41, 5.74) is 1.03. The molecule has 1 aromatic rings. The van der Waals surface area contributed by atoms with E-state index in [4.69, 9.17) is 10.2 Å². The number of benzene rings is 1. The predicted octanol–water partition coefficient (Wildman–Crippen LogP) is 1.01. The fourth-order valence-electron chi connectivity index (χ4n) is 2.28. The Labute approximate surface area is 100 Å². The smallest absolute Gasteiger partial charge is 0.123 e. The predicted molar refractivity (Wildman–Crippen MR) is 63.3 cm³/mol. The molecule has 0 atom stereocenters. The van der Waals surface area contributed by atoms with E-state index in [1.165, 1.54) is 6.07 Å². The van der Waals surface area contributed by atoms with Crippen LogP contribution in [-0.4, -0.2) is 35.5 Å². The molecular weight excluding hydrogens is 221 g/mol. The van der Waals surface area contributed by atoms with Crippen LogP contribution in [0.15, 0.2) is 24.3 Å². The highest BCUT2D eigenvalue weighted by atomic mass is 19.1. The lowest BCUT2D eigenvalue weighted by Crippen LogP contribution is -2.48. The monoisotopic (exact) mass is 239 g/mol. The van der Waals surface area contributed by atoms with E-state index in [-0.39, 0.29) is 25.1 Å². The summed E-state index contributed by atoms with van der Waals surface area (Å²) >= 11 is 0. The Kier molecular flexibility index (Phi) is 4.10. The highest BCUT2D eigenvalue weighted by molar-refractivity contribution is 5.23. The van der Waals surface area contributed by atoms with E-state index in [1.54, 1.807) is 12.1 Å². The molecule has 2 rings (SSSR count). The number of aliphatic hydroxyl groups excluding tert-OH is 2. The summed E-state index contributed by atoms with van der Waals surface area (Å²) < 4.78 is 13.0. The van der Waals surface area contributed by atoms with Crippen molar-refractivity contribution in [1.82, 2.24) is 5.32 Å². The first kappa shape index (κ1) is 12.5. The van der Waals surface area contributed by atoms with E-state index in [2.05, 4.69) is 5.32 Å². The largest absolute Gasteiger partial charge is 0.395 e. The molecule has 0 radical (unpaired) electrons. The molecule has 1 saturated carbocycles. The lowest BCUT2D eigenvalue weighted by atomic mass is 9.75. The molecule has 3 nitrogen and oxygen atoms in total. The molecule has 0 heterocycles. The number of aliphatic hydroxyl groups is 2. The maximum absolute atomic E-state index is 13.0. The molecular formula is C13H18FNO2. The van der Waals surface area contributed by atoms with Crippen LogP contribution in [0.4, 0.5) is 4.39 Å². The maximum atomic E-state index is 13.0. The molecule has 0 saturated heterocycles. The fourth-order valence-corrected chi connectivity index (χ4v) is 2.28. The minimum atomic E-state index is -0.242. The van der Waals surface area contributed by atoms with Crippen LogP contribution < -0.4 is 5.32 Å². The third kappa shape index (κ3) is 3.03. The Balaban J connectivity index is 1.82. The van der Waals surface area contributed by atoms with Gasteiger partial charge in [-0.15, -0.1) is 0 Å². The van der Waals surface area contributed by atoms with Crippen molar-refractivity contribution >= 4 is 0 Å². The second-order valence-electron chi connectivity index (χ2n) is 4.65. The minimum Gasteiger partial charge on any atom is -0.395 e. The Bertz CT molecular complexity index is 362. The van der Waals surface area contributed by atoms with Gasteiger partial charge in [0.1, 0.15) is 5.82 Å². The number of rotatable bonds is 5. The summed E-state index contributed by atoms with van der Waals surface area (Å²) in [6.07, 6.45) is 1.86. The van der Waals surface area contributed by atoms with Crippen LogP contribution in [0, 0.1) is 5.82 Å². The van der Waals surface area contributed by atoms with Crippen molar-refractivity contribution in [2.45, 2.75) is 30.8 Å². The molecule has 0 spiro atoms. The van der Waals surface area contributed by atoms with E-state index in [1.807, 2.05) is 6.07 Å². The Morgan fingerprint density at radius 1 is 1.29 bits per heavy atom. The molecule has 17 heavy (non-hydrogen) atoms. The number of hydrogen-bond donors (Lipinski definition) is 3. The van der Waals surface area contributed by atoms with Gasteiger partial charge in [0.2, 0.25) is 0 Å². The average Bonchev–Trinajstić information content (AvgIpc) is 2.28. The molecule has 0 amide bonds. The van der Waals surface area contributed by atoms with E-state index in [9.17, 15) is 4.39 Å². The van der Waals surface area contributed by atoms with E-state index in [0.717, 1.165) is 18.4 Å². The summed E-state index contributed by atoms with van der Waals surface area (Å²) in [5.74, 6) is 0.198. The number of halogens is 1. The molecule has 0 bridgehead atoms. The van der Waals surface area contributed by atoms with Gasteiger partial charge in [-0.3, -0.25) is 0 Å². The van der Waals surface area contributed by atoms with Crippen molar-refractivity contribution in [3.63, 3.8) is 0 Å². The third-order valence-electron chi connectivity index (χ3n) is 3.37. The number of nitrogens with one attached hydrogen (secondary N) is 1. The molecule has 94 valence electrons. The first-order valence-electron chi connectivity index (χ1n) is 5.96. The van der Waals surface area contributed by atoms with Crippen molar-refractivity contribution < 1.29 is 14.6 Å². The Morgan fingerprint density at radius 2 is 2.00 bits per heavy atom. The van der Waals surface area contributed by atoms with Crippen LogP contribution in [0.1, 0.15) is 24.3 Å². The Hall–Kier alpha value is -0.970. The van der Waals surface area contributed by atoms with Gasteiger partial charge in [-0.25, -0.2) is 4.39 Å². The minimum absolute atomic E-state index is 0.0579. The van der Waals surface area contributed by atoms with Crippen molar-refractivity contribution in [3.8, 4) is 0 Å². The van der Waals surface area contributed by atoms with E-state index < -0.39 is 0 Å². The van der Waals surface area contributed by atoms with Gasteiger partial charge in [-0.2, -0.15) is 0 Å². The summed E-state index contributed by atoms with van der Waals surface area (Å²) in [6, 6.07) is 6.78. The maximum Gasteiger partial charge on any atom is 0.123 e. The quantitative estimate of drug-likeness (QED) is 0.719. The lowest BCUT2D eigenvalue weighted by molar-refractivity contribution is 0.142. The van der Waals surface area contributed by atoms with Crippen LogP contribution in [0.3, 0.4) is 0 Å². The molecule has 4 heteroatoms. The summed E-state index contributed by atoms with van der Waals surface area (Å²) in [4.78, 5) is 0. The zero-order valence-corrected chi connectivity index (χ0v) is 9.64. The van der Waals surface area contributed by atoms with Crippen LogP contribution in [0.5, 0.6) is 0 Å². The van der Waals surface area contributed by atoms with Crippen LogP contribution in [-0.2, 0) is 0 Å². The van der Waals surface area contributed by atoms with Gasteiger partial charge in [-0.05, 0) is 36.5 Å². The molecule has 1 aliphatic carbocycles. The van der Waals surface area contributed by atoms with E-state index >= 15 is 0 Å². The molecule has 1 aromatic carbocycles. The van der Waals surface area contributed by atoms with Crippen molar-refractivity contribution in [2.24, 2.45) is 0 Å². The second-order valence-corrected chi connectivity index (χ2v) is 4.65. The summed E-state index contributed by atoms with van der Waals surface area (Å²) in [7, 11) is 0. The van der Waals surface area contributed by atoms with Gasteiger partial charge < -0.3 is 15.5 Å². The summed E-state index contributed by atoms with van der Waals surface area (Å²) in [6.45, 7) is -0.116. The first-order chi connectivity index (χ1) is 8.22. The lowest BCUT2D eigenvalue weighted by Gasteiger charge is -2.38. The van der Waals surface area contributed by atoms with Crippen molar-refractivity contribution in [2.75, 3.05) is 13.2 Å². The van der Waals surface area contributed by atoms with E-state index in [0.29, 0.717) is 12.0 Å². The normalized spacial score (nSPS) is 23.8. The van der Waals surface area contributed by atoms with Gasteiger partial charge in [-0.1, -0.05) is 12.1 Å². The first-order valence-corrected chi connectivity index (χ1v) is 5.96. The fraction of sp³-hybridized carbons (Fsp3) is 0.538. The molecule has 1 aliphatic rings. The van der Waals surface area contributed by atoms with Gasteiger partial charge in [0.15, 0.2) is 0 Å². The molecule has 1 fully saturated rings. The average molecular weight is 239 g/mol.